The molecule has 7 heteroatoms. The summed E-state index contributed by atoms with van der Waals surface area (Å²) in [4.78, 5) is 25.9. The molecule has 1 N–H and O–H groups in total. The topological polar surface area (TPSA) is 83.4 Å². The van der Waals surface area contributed by atoms with E-state index in [9.17, 15) is 9.59 Å². The highest BCUT2D eigenvalue weighted by atomic mass is 32.1. The average molecular weight is 303 g/mol. The molecule has 1 aliphatic rings. The predicted molar refractivity (Wildman–Crippen MR) is 78.1 cm³/mol. The summed E-state index contributed by atoms with van der Waals surface area (Å²) in [6.07, 6.45) is 1.38. The molecule has 0 spiro atoms. The van der Waals surface area contributed by atoms with Gasteiger partial charge < -0.3 is 10.0 Å². The first-order chi connectivity index (χ1) is 10.1. The molecule has 0 atom stereocenters. The van der Waals surface area contributed by atoms with E-state index >= 15 is 0 Å². The Kier molecular flexibility index (Phi) is 3.42. The van der Waals surface area contributed by atoms with Gasteiger partial charge in [0.25, 0.3) is 5.91 Å². The zero-order valence-electron chi connectivity index (χ0n) is 11.4. The summed E-state index contributed by atoms with van der Waals surface area (Å²) >= 11 is 1.09. The van der Waals surface area contributed by atoms with E-state index in [0.717, 1.165) is 23.5 Å². The minimum Gasteiger partial charge on any atom is -0.478 e. The monoisotopic (exact) mass is 303 g/mol. The highest BCUT2D eigenvalue weighted by Crippen LogP contribution is 2.31. The Morgan fingerprint density at radius 1 is 1.43 bits per heavy atom. The molecule has 108 valence electrons. The van der Waals surface area contributed by atoms with Crippen molar-refractivity contribution in [3.8, 4) is 0 Å². The Labute approximate surface area is 125 Å². The Morgan fingerprint density at radius 2 is 2.24 bits per heavy atom. The van der Waals surface area contributed by atoms with Gasteiger partial charge in [-0.25, -0.2) is 4.79 Å². The highest BCUT2D eigenvalue weighted by molar-refractivity contribution is 7.08. The van der Waals surface area contributed by atoms with Crippen molar-refractivity contribution in [3.63, 3.8) is 0 Å². The third-order valence-corrected chi connectivity index (χ3v) is 4.31. The number of carboxylic acid groups (broad SMARTS) is 1. The largest absolute Gasteiger partial charge is 0.478 e. The lowest BCUT2D eigenvalue weighted by molar-refractivity contribution is 0.0696. The van der Waals surface area contributed by atoms with E-state index in [1.54, 1.807) is 23.1 Å². The van der Waals surface area contributed by atoms with Gasteiger partial charge in [0.2, 0.25) is 0 Å². The molecule has 21 heavy (non-hydrogen) atoms. The molecule has 1 aromatic heterocycles. The number of aromatic carboxylic acids is 1. The van der Waals surface area contributed by atoms with Crippen LogP contribution < -0.4 is 4.90 Å². The van der Waals surface area contributed by atoms with Gasteiger partial charge in [0, 0.05) is 12.2 Å². The lowest BCUT2D eigenvalue weighted by Gasteiger charge is -2.16. The second-order valence-corrected chi connectivity index (χ2v) is 5.51. The molecular formula is C14H13N3O3S. The quantitative estimate of drug-likeness (QED) is 0.937. The number of aromatic nitrogens is 2. The Bertz CT molecular complexity index is 726. The van der Waals surface area contributed by atoms with Crippen LogP contribution in [0.5, 0.6) is 0 Å². The van der Waals surface area contributed by atoms with Crippen molar-refractivity contribution < 1.29 is 14.7 Å². The van der Waals surface area contributed by atoms with Gasteiger partial charge in [-0.1, -0.05) is 17.5 Å². The molecule has 0 unspecified atom stereocenters. The number of amides is 1. The maximum absolute atomic E-state index is 12.6. The lowest BCUT2D eigenvalue weighted by Crippen LogP contribution is -2.29. The lowest BCUT2D eigenvalue weighted by atomic mass is 10.1. The van der Waals surface area contributed by atoms with Crippen LogP contribution in [0.4, 0.5) is 5.69 Å². The summed E-state index contributed by atoms with van der Waals surface area (Å²) in [7, 11) is 0. The fraction of sp³-hybridized carbons (Fsp3) is 0.286. The Hall–Kier alpha value is -2.28. The highest BCUT2D eigenvalue weighted by Gasteiger charge is 2.29. The molecule has 1 amide bonds. The van der Waals surface area contributed by atoms with Crippen LogP contribution in [0.25, 0.3) is 0 Å². The fourth-order valence-corrected chi connectivity index (χ4v) is 3.15. The third kappa shape index (κ3) is 2.29. The van der Waals surface area contributed by atoms with Crippen LogP contribution in [0.1, 0.15) is 38.2 Å². The zero-order valence-corrected chi connectivity index (χ0v) is 12.2. The van der Waals surface area contributed by atoms with E-state index in [-0.39, 0.29) is 11.5 Å². The molecule has 0 bridgehead atoms. The van der Waals surface area contributed by atoms with Crippen molar-refractivity contribution in [2.45, 2.75) is 19.8 Å². The van der Waals surface area contributed by atoms with E-state index in [1.165, 1.54) is 0 Å². The summed E-state index contributed by atoms with van der Waals surface area (Å²) in [5.41, 5.74) is 2.54. The van der Waals surface area contributed by atoms with Gasteiger partial charge in [-0.2, -0.15) is 0 Å². The first kappa shape index (κ1) is 13.7. The summed E-state index contributed by atoms with van der Waals surface area (Å²) in [6, 6.07) is 4.90. The fourth-order valence-electron chi connectivity index (χ4n) is 2.45. The predicted octanol–water partition coefficient (Wildman–Crippen LogP) is 2.00. The second kappa shape index (κ2) is 5.25. The average Bonchev–Trinajstić information content (AvgIpc) is 3.12. The van der Waals surface area contributed by atoms with Crippen LogP contribution in [0.2, 0.25) is 0 Å². The van der Waals surface area contributed by atoms with Gasteiger partial charge >= 0.3 is 5.97 Å². The number of anilines is 1. The molecule has 6 nitrogen and oxygen atoms in total. The smallest absolute Gasteiger partial charge is 0.335 e. The number of fused-ring (bicyclic) bond motifs is 1. The molecular weight excluding hydrogens is 290 g/mol. The van der Waals surface area contributed by atoms with Crippen LogP contribution in [-0.4, -0.2) is 33.1 Å². The van der Waals surface area contributed by atoms with Gasteiger partial charge in [0.15, 0.2) is 0 Å². The van der Waals surface area contributed by atoms with Gasteiger partial charge in [-0.15, -0.1) is 5.10 Å². The number of hydrogen-bond acceptors (Lipinski definition) is 5. The molecule has 0 radical (unpaired) electrons. The molecule has 0 aliphatic carbocycles. The molecule has 2 heterocycles. The van der Waals surface area contributed by atoms with Crippen molar-refractivity contribution in [2.24, 2.45) is 0 Å². The van der Waals surface area contributed by atoms with Crippen LogP contribution in [0.15, 0.2) is 18.2 Å². The van der Waals surface area contributed by atoms with Crippen molar-refractivity contribution >= 4 is 29.1 Å². The minimum absolute atomic E-state index is 0.150. The maximum atomic E-state index is 12.6. The van der Waals surface area contributed by atoms with E-state index in [4.69, 9.17) is 5.11 Å². The normalized spacial score (nSPS) is 13.3. The number of carboxylic acids is 1. The molecule has 3 rings (SSSR count). The number of hydrogen-bond donors (Lipinski definition) is 1. The molecule has 1 aromatic carbocycles. The number of aryl methyl sites for hydroxylation is 1. The molecule has 2 aromatic rings. The standard InChI is InChI=1S/C14H13N3O3S/c1-2-10-12(21-16-15-10)13(18)17-6-5-8-3-4-9(14(19)20)7-11(8)17/h3-4,7H,2,5-6H2,1H3,(H,19,20). The minimum atomic E-state index is -0.995. The summed E-state index contributed by atoms with van der Waals surface area (Å²) < 4.78 is 3.84. The second-order valence-electron chi connectivity index (χ2n) is 4.76. The summed E-state index contributed by atoms with van der Waals surface area (Å²) in [6.45, 7) is 2.48. The molecule has 0 saturated carbocycles. The SMILES string of the molecule is CCc1nnsc1C(=O)N1CCc2ccc(C(=O)O)cc21. The first-order valence-corrected chi connectivity index (χ1v) is 7.38. The van der Waals surface area contributed by atoms with Crippen LogP contribution in [0, 0.1) is 0 Å². The number of benzene rings is 1. The first-order valence-electron chi connectivity index (χ1n) is 6.61. The van der Waals surface area contributed by atoms with Crippen molar-refractivity contribution in [1.82, 2.24) is 9.59 Å². The van der Waals surface area contributed by atoms with Gasteiger partial charge in [0.1, 0.15) is 4.88 Å². The Balaban J connectivity index is 1.98. The molecule has 0 fully saturated rings. The van der Waals surface area contributed by atoms with Crippen LogP contribution in [-0.2, 0) is 12.8 Å². The van der Waals surface area contributed by atoms with Crippen molar-refractivity contribution in [3.05, 3.63) is 39.9 Å². The van der Waals surface area contributed by atoms with E-state index in [1.807, 2.05) is 6.92 Å². The van der Waals surface area contributed by atoms with E-state index < -0.39 is 5.97 Å². The van der Waals surface area contributed by atoms with Crippen LogP contribution in [0.3, 0.4) is 0 Å². The molecule has 1 aliphatic heterocycles. The Morgan fingerprint density at radius 3 is 2.95 bits per heavy atom. The van der Waals surface area contributed by atoms with Crippen LogP contribution >= 0.6 is 11.5 Å². The number of nitrogens with zero attached hydrogens (tertiary/aromatic N) is 3. The van der Waals surface area contributed by atoms with Gasteiger partial charge in [-0.3, -0.25) is 4.79 Å². The van der Waals surface area contributed by atoms with Crippen molar-refractivity contribution in [2.75, 3.05) is 11.4 Å². The third-order valence-electron chi connectivity index (χ3n) is 3.56. The summed E-state index contributed by atoms with van der Waals surface area (Å²) in [5.74, 6) is -1.14. The number of rotatable bonds is 3. The van der Waals surface area contributed by atoms with E-state index in [2.05, 4.69) is 9.59 Å². The number of carbonyl (C=O) groups is 2. The van der Waals surface area contributed by atoms with E-state index in [0.29, 0.717) is 29.2 Å². The van der Waals surface area contributed by atoms with Gasteiger partial charge in [-0.05, 0) is 42.1 Å². The van der Waals surface area contributed by atoms with Crippen molar-refractivity contribution in [1.29, 1.82) is 0 Å². The maximum Gasteiger partial charge on any atom is 0.335 e. The zero-order chi connectivity index (χ0) is 15.0. The number of carbonyl (C=O) groups excluding carboxylic acids is 1. The molecule has 0 saturated heterocycles. The summed E-state index contributed by atoms with van der Waals surface area (Å²) in [5, 5.41) is 13.0. The van der Waals surface area contributed by atoms with Gasteiger partial charge in [0.05, 0.1) is 11.3 Å².